The number of aromatic nitrogens is 1. The Balaban J connectivity index is 1.31. The van der Waals surface area contributed by atoms with Gasteiger partial charge in [-0.3, -0.25) is 4.79 Å². The van der Waals surface area contributed by atoms with Crippen LogP contribution in [-0.4, -0.2) is 67.2 Å². The Labute approximate surface area is 226 Å². The van der Waals surface area contributed by atoms with Crippen molar-refractivity contribution < 1.29 is 22.7 Å². The summed E-state index contributed by atoms with van der Waals surface area (Å²) < 4.78 is 37.6. The van der Waals surface area contributed by atoms with E-state index >= 15 is 0 Å². The van der Waals surface area contributed by atoms with Gasteiger partial charge in [0.25, 0.3) is 5.91 Å². The molecule has 2 aliphatic heterocycles. The highest BCUT2D eigenvalue weighted by Crippen LogP contribution is 2.30. The third kappa shape index (κ3) is 5.72. The maximum Gasteiger partial charge on any atom is 0.367 e. The van der Waals surface area contributed by atoms with Gasteiger partial charge in [0.15, 0.2) is 17.4 Å². The second-order valence-corrected chi connectivity index (χ2v) is 10.4. The van der Waals surface area contributed by atoms with Crippen molar-refractivity contribution >= 4 is 39.3 Å². The van der Waals surface area contributed by atoms with E-state index in [0.29, 0.717) is 38.4 Å². The van der Waals surface area contributed by atoms with E-state index in [1.807, 2.05) is 44.2 Å². The van der Waals surface area contributed by atoms with Crippen LogP contribution in [0.15, 0.2) is 67.9 Å². The van der Waals surface area contributed by atoms with Crippen LogP contribution in [0.5, 0.6) is 5.75 Å². The van der Waals surface area contributed by atoms with Gasteiger partial charge >= 0.3 is 10.2 Å². The number of hydrogen-bond acceptors (Lipinski definition) is 9. The molecule has 3 aromatic rings. The highest BCUT2D eigenvalue weighted by atomic mass is 32.2. The second kappa shape index (κ2) is 10.8. The number of hydrogen-bond donors (Lipinski definition) is 3. The van der Waals surface area contributed by atoms with E-state index in [2.05, 4.69) is 29.3 Å². The SMILES string of the molecule is CC[C@@H](NC1=NS(=O)(=O)N=C1Nc1cccc(C(=O)N2CCN(c3ccccn3)CC2)c1O)c1ccc(C)o1. The lowest BCUT2D eigenvalue weighted by Gasteiger charge is -2.35. The topological polar surface area (TPSA) is 153 Å². The summed E-state index contributed by atoms with van der Waals surface area (Å²) in [6.45, 7) is 5.87. The molecule has 0 radical (unpaired) electrons. The average Bonchev–Trinajstić information content (AvgIpc) is 3.49. The number of carbonyl (C=O) groups is 1. The number of carbonyl (C=O) groups excluding carboxylic acids is 1. The van der Waals surface area contributed by atoms with Gasteiger partial charge in [-0.25, -0.2) is 4.98 Å². The quantitative estimate of drug-likeness (QED) is 0.393. The van der Waals surface area contributed by atoms with Crippen LogP contribution in [0.1, 0.15) is 41.3 Å². The lowest BCUT2D eigenvalue weighted by Crippen LogP contribution is -2.49. The molecule has 2 aliphatic rings. The fraction of sp³-hybridized carbons (Fsp3) is 0.308. The fourth-order valence-corrected chi connectivity index (χ4v) is 5.26. The normalized spacial score (nSPS) is 17.4. The Kier molecular flexibility index (Phi) is 7.24. The zero-order chi connectivity index (χ0) is 27.6. The number of para-hydroxylation sites is 1. The molecule has 1 saturated heterocycles. The molecule has 0 unspecified atom stereocenters. The minimum atomic E-state index is -4.13. The number of nitrogens with one attached hydrogen (secondary N) is 2. The van der Waals surface area contributed by atoms with Crippen molar-refractivity contribution in [3.8, 4) is 5.75 Å². The predicted octanol–water partition coefficient (Wildman–Crippen LogP) is 2.86. The van der Waals surface area contributed by atoms with Gasteiger partial charge in [0.2, 0.25) is 0 Å². The van der Waals surface area contributed by atoms with Crippen LogP contribution in [0, 0.1) is 6.92 Å². The lowest BCUT2D eigenvalue weighted by atomic mass is 10.1. The van der Waals surface area contributed by atoms with Crippen LogP contribution in [0.4, 0.5) is 11.5 Å². The van der Waals surface area contributed by atoms with E-state index in [9.17, 15) is 18.3 Å². The van der Waals surface area contributed by atoms with Gasteiger partial charge in [-0.2, -0.15) is 8.42 Å². The Bertz CT molecular complexity index is 1530. The molecule has 13 heteroatoms. The number of benzene rings is 1. The van der Waals surface area contributed by atoms with E-state index in [-0.39, 0.29) is 40.6 Å². The Hall–Kier alpha value is -4.39. The first-order valence-corrected chi connectivity index (χ1v) is 14.0. The summed E-state index contributed by atoms with van der Waals surface area (Å²) in [6.07, 6.45) is 2.32. The molecule has 12 nitrogen and oxygen atoms in total. The van der Waals surface area contributed by atoms with E-state index < -0.39 is 10.2 Å². The summed E-state index contributed by atoms with van der Waals surface area (Å²) in [7, 11) is -4.13. The average molecular weight is 552 g/mol. The number of furan rings is 1. The van der Waals surface area contributed by atoms with E-state index in [0.717, 1.165) is 11.6 Å². The molecule has 204 valence electrons. The predicted molar refractivity (Wildman–Crippen MR) is 147 cm³/mol. The monoisotopic (exact) mass is 551 g/mol. The molecule has 1 amide bonds. The maximum atomic E-state index is 13.3. The third-order valence-electron chi connectivity index (χ3n) is 6.52. The van der Waals surface area contributed by atoms with Crippen LogP contribution >= 0.6 is 0 Å². The van der Waals surface area contributed by atoms with Crippen molar-refractivity contribution in [3.05, 3.63) is 71.8 Å². The first-order valence-electron chi connectivity index (χ1n) is 12.6. The molecule has 2 aromatic heterocycles. The van der Waals surface area contributed by atoms with Crippen molar-refractivity contribution in [2.45, 2.75) is 26.3 Å². The molecule has 3 N–H and O–H groups in total. The zero-order valence-electron chi connectivity index (χ0n) is 21.5. The maximum absolute atomic E-state index is 13.3. The Morgan fingerprint density at radius 1 is 1.05 bits per heavy atom. The minimum Gasteiger partial charge on any atom is -0.505 e. The Morgan fingerprint density at radius 3 is 2.49 bits per heavy atom. The summed E-state index contributed by atoms with van der Waals surface area (Å²) in [4.78, 5) is 21.4. The van der Waals surface area contributed by atoms with E-state index in [4.69, 9.17) is 4.42 Å². The summed E-state index contributed by atoms with van der Waals surface area (Å²) in [5.74, 6) is 1.45. The molecule has 0 spiro atoms. The molecule has 39 heavy (non-hydrogen) atoms. The van der Waals surface area contributed by atoms with Gasteiger partial charge in [-0.05, 0) is 49.7 Å². The number of anilines is 2. The molecule has 1 aromatic carbocycles. The molecule has 1 atom stereocenters. The molecular weight excluding hydrogens is 522 g/mol. The number of amidine groups is 2. The van der Waals surface area contributed by atoms with Crippen LogP contribution in [-0.2, 0) is 10.2 Å². The number of phenolic OH excluding ortho intramolecular Hbond substituents is 1. The molecule has 5 rings (SSSR count). The Morgan fingerprint density at radius 2 is 1.82 bits per heavy atom. The number of rotatable bonds is 6. The van der Waals surface area contributed by atoms with Crippen molar-refractivity contribution in [1.82, 2.24) is 15.2 Å². The van der Waals surface area contributed by atoms with Crippen molar-refractivity contribution in [2.75, 3.05) is 36.4 Å². The third-order valence-corrected chi connectivity index (χ3v) is 7.35. The molecule has 4 heterocycles. The summed E-state index contributed by atoms with van der Waals surface area (Å²) in [6, 6.07) is 13.6. The second-order valence-electron chi connectivity index (χ2n) is 9.18. The summed E-state index contributed by atoms with van der Waals surface area (Å²) in [5.41, 5.74) is 0.219. The molecular formula is C26H29N7O5S. The standard InChI is InChI=1S/C26H29N7O5S/c1-3-19(21-11-10-17(2)38-21)28-24-25(31-39(36,37)30-24)29-20-8-6-7-18(23(20)34)26(35)33-15-13-32(14-16-33)22-9-4-5-12-27-22/h4-12,19,34H,3,13-16H2,1-2H3,(H,28,30)(H,29,31)/t19-/m1/s1. The highest BCUT2D eigenvalue weighted by Gasteiger charge is 2.30. The molecule has 1 fully saturated rings. The number of nitrogens with zero attached hydrogens (tertiary/aromatic N) is 5. The van der Waals surface area contributed by atoms with Crippen LogP contribution in [0.2, 0.25) is 0 Å². The first kappa shape index (κ1) is 26.2. The van der Waals surface area contributed by atoms with E-state index in [1.54, 1.807) is 17.2 Å². The lowest BCUT2D eigenvalue weighted by molar-refractivity contribution is 0.0743. The first-order chi connectivity index (χ1) is 18.7. The molecule has 0 aliphatic carbocycles. The largest absolute Gasteiger partial charge is 0.505 e. The summed E-state index contributed by atoms with van der Waals surface area (Å²) in [5, 5.41) is 16.9. The van der Waals surface area contributed by atoms with Crippen molar-refractivity contribution in [2.24, 2.45) is 8.80 Å². The smallest absolute Gasteiger partial charge is 0.367 e. The molecule has 0 bridgehead atoms. The molecule has 0 saturated carbocycles. The van der Waals surface area contributed by atoms with Gasteiger partial charge < -0.3 is 30.0 Å². The van der Waals surface area contributed by atoms with Crippen molar-refractivity contribution in [1.29, 1.82) is 0 Å². The van der Waals surface area contributed by atoms with Gasteiger partial charge in [0, 0.05) is 32.4 Å². The number of aryl methyl sites for hydroxylation is 1. The van der Waals surface area contributed by atoms with Crippen LogP contribution in [0.25, 0.3) is 0 Å². The zero-order valence-corrected chi connectivity index (χ0v) is 22.4. The van der Waals surface area contributed by atoms with Gasteiger partial charge in [-0.1, -0.05) is 19.1 Å². The van der Waals surface area contributed by atoms with Crippen molar-refractivity contribution in [3.63, 3.8) is 0 Å². The van der Waals surface area contributed by atoms with Gasteiger partial charge in [0.1, 0.15) is 17.3 Å². The number of aromatic hydroxyl groups is 1. The van der Waals surface area contributed by atoms with E-state index in [1.165, 1.54) is 12.1 Å². The summed E-state index contributed by atoms with van der Waals surface area (Å²) >= 11 is 0. The number of amides is 1. The fourth-order valence-electron chi connectivity index (χ4n) is 4.49. The minimum absolute atomic E-state index is 0.0160. The van der Waals surface area contributed by atoms with Gasteiger partial charge in [0.05, 0.1) is 17.3 Å². The van der Waals surface area contributed by atoms with Crippen LogP contribution < -0.4 is 15.5 Å². The highest BCUT2D eigenvalue weighted by molar-refractivity contribution is 7.89. The number of piperazine rings is 1. The van der Waals surface area contributed by atoms with Crippen LogP contribution in [0.3, 0.4) is 0 Å². The number of pyridine rings is 1. The number of phenols is 1. The van der Waals surface area contributed by atoms with Gasteiger partial charge in [-0.15, -0.1) is 8.80 Å².